The molecule has 0 nitrogen and oxygen atoms in total. The standard InChI is InChI=1S/C13H10ClS/c14-13(11-7-3-1-4-8-11)15-12-9-5-2-6-10-12/h1-7,9-10,13H. The van der Waals surface area contributed by atoms with Gasteiger partial charge in [0, 0.05) is 4.90 Å². The first-order valence-electron chi connectivity index (χ1n) is 4.68. The van der Waals surface area contributed by atoms with Gasteiger partial charge in [0.25, 0.3) is 0 Å². The Balaban J connectivity index is 2.08. The molecule has 15 heavy (non-hydrogen) atoms. The number of hydrogen-bond acceptors (Lipinski definition) is 1. The first-order chi connectivity index (χ1) is 7.36. The van der Waals surface area contributed by atoms with Crippen molar-refractivity contribution in [2.45, 2.75) is 9.60 Å². The molecule has 0 bridgehead atoms. The maximum Gasteiger partial charge on any atom is 0.109 e. The number of benzene rings is 2. The highest BCUT2D eigenvalue weighted by Gasteiger charge is 2.08. The topological polar surface area (TPSA) is 0 Å². The Morgan fingerprint density at radius 3 is 2.40 bits per heavy atom. The van der Waals surface area contributed by atoms with E-state index in [9.17, 15) is 0 Å². The second kappa shape index (κ2) is 5.24. The van der Waals surface area contributed by atoms with Crippen LogP contribution in [-0.4, -0.2) is 0 Å². The van der Waals surface area contributed by atoms with Crippen molar-refractivity contribution in [3.8, 4) is 0 Å². The molecule has 0 amide bonds. The summed E-state index contributed by atoms with van der Waals surface area (Å²) >= 11 is 7.90. The van der Waals surface area contributed by atoms with Crippen molar-refractivity contribution < 1.29 is 0 Å². The third kappa shape index (κ3) is 3.01. The maximum absolute atomic E-state index is 6.27. The van der Waals surface area contributed by atoms with Crippen molar-refractivity contribution in [2.75, 3.05) is 0 Å². The number of hydrogen-bond donors (Lipinski definition) is 0. The van der Waals surface area contributed by atoms with E-state index in [-0.39, 0.29) is 4.71 Å². The van der Waals surface area contributed by atoms with Crippen LogP contribution >= 0.6 is 23.4 Å². The minimum absolute atomic E-state index is 0.0754. The van der Waals surface area contributed by atoms with E-state index in [0.29, 0.717) is 0 Å². The largest absolute Gasteiger partial charge is 0.109 e. The van der Waals surface area contributed by atoms with Gasteiger partial charge in [-0.3, -0.25) is 0 Å². The summed E-state index contributed by atoms with van der Waals surface area (Å²) in [6, 6.07) is 21.1. The first kappa shape index (κ1) is 10.6. The summed E-state index contributed by atoms with van der Waals surface area (Å²) in [4.78, 5) is 1.18. The average molecular weight is 234 g/mol. The Bertz CT molecular complexity index is 399. The van der Waals surface area contributed by atoms with Gasteiger partial charge in [0.2, 0.25) is 0 Å². The van der Waals surface area contributed by atoms with E-state index in [1.54, 1.807) is 11.8 Å². The lowest BCUT2D eigenvalue weighted by atomic mass is 10.2. The number of thioether (sulfide) groups is 1. The van der Waals surface area contributed by atoms with Gasteiger partial charge in [0.15, 0.2) is 0 Å². The summed E-state index contributed by atoms with van der Waals surface area (Å²) in [5.74, 6) is 0. The van der Waals surface area contributed by atoms with Gasteiger partial charge in [0.05, 0.1) is 0 Å². The molecule has 0 saturated heterocycles. The van der Waals surface area contributed by atoms with Gasteiger partial charge in [-0.05, 0) is 23.8 Å². The average Bonchev–Trinajstić information content (AvgIpc) is 2.31. The fourth-order valence-corrected chi connectivity index (χ4v) is 2.50. The molecule has 0 heterocycles. The maximum atomic E-state index is 6.27. The number of alkyl halides is 1. The molecule has 2 heteroatoms. The Kier molecular flexibility index (Phi) is 3.70. The third-order valence-corrected chi connectivity index (χ3v) is 3.47. The molecule has 0 aliphatic heterocycles. The molecule has 0 N–H and O–H groups in total. The van der Waals surface area contributed by atoms with Crippen LogP contribution in [0.15, 0.2) is 59.5 Å². The predicted octanol–water partition coefficient (Wildman–Crippen LogP) is 4.52. The summed E-state index contributed by atoms with van der Waals surface area (Å²) in [7, 11) is 0. The van der Waals surface area contributed by atoms with E-state index in [4.69, 9.17) is 11.6 Å². The van der Waals surface area contributed by atoms with Gasteiger partial charge < -0.3 is 0 Å². The first-order valence-corrected chi connectivity index (χ1v) is 6.00. The van der Waals surface area contributed by atoms with Crippen LogP contribution in [0.25, 0.3) is 0 Å². The molecule has 0 aliphatic rings. The third-order valence-electron chi connectivity index (χ3n) is 1.96. The highest BCUT2D eigenvalue weighted by Crippen LogP contribution is 2.37. The van der Waals surface area contributed by atoms with Crippen LogP contribution in [0.4, 0.5) is 0 Å². The summed E-state index contributed by atoms with van der Waals surface area (Å²) < 4.78 is -0.0754. The molecule has 75 valence electrons. The van der Waals surface area contributed by atoms with Crippen molar-refractivity contribution >= 4 is 23.4 Å². The molecule has 2 aromatic rings. The van der Waals surface area contributed by atoms with E-state index < -0.39 is 0 Å². The van der Waals surface area contributed by atoms with Crippen molar-refractivity contribution in [3.63, 3.8) is 0 Å². The Morgan fingerprint density at radius 1 is 1.00 bits per heavy atom. The van der Waals surface area contributed by atoms with Crippen molar-refractivity contribution in [1.82, 2.24) is 0 Å². The quantitative estimate of drug-likeness (QED) is 0.555. The van der Waals surface area contributed by atoms with Gasteiger partial charge >= 0.3 is 0 Å². The smallest absolute Gasteiger partial charge is 0.105 e. The highest BCUT2D eigenvalue weighted by molar-refractivity contribution is 8.00. The summed E-state index contributed by atoms with van der Waals surface area (Å²) in [5, 5.41) is 0. The van der Waals surface area contributed by atoms with E-state index in [0.717, 1.165) is 5.56 Å². The van der Waals surface area contributed by atoms with Gasteiger partial charge in [-0.1, -0.05) is 42.5 Å². The van der Waals surface area contributed by atoms with Crippen LogP contribution in [0.3, 0.4) is 0 Å². The Hall–Kier alpha value is -0.920. The SMILES string of the molecule is ClC(Sc1ccccc1)c1[c]cccc1. The Labute approximate surface area is 99.3 Å². The molecule has 2 aromatic carbocycles. The van der Waals surface area contributed by atoms with E-state index >= 15 is 0 Å². The Morgan fingerprint density at radius 2 is 1.73 bits per heavy atom. The van der Waals surface area contributed by atoms with Crippen LogP contribution < -0.4 is 0 Å². The van der Waals surface area contributed by atoms with Crippen molar-refractivity contribution in [3.05, 3.63) is 66.2 Å². The van der Waals surface area contributed by atoms with E-state index in [1.807, 2.05) is 42.5 Å². The lowest BCUT2D eigenvalue weighted by Crippen LogP contribution is -1.84. The van der Waals surface area contributed by atoms with Crippen molar-refractivity contribution in [2.24, 2.45) is 0 Å². The monoisotopic (exact) mass is 233 g/mol. The molecule has 0 aliphatic carbocycles. The molecule has 1 unspecified atom stereocenters. The molecule has 1 radical (unpaired) electrons. The van der Waals surface area contributed by atoms with Crippen LogP contribution in [0.2, 0.25) is 0 Å². The zero-order valence-corrected chi connectivity index (χ0v) is 9.63. The highest BCUT2D eigenvalue weighted by atomic mass is 35.5. The van der Waals surface area contributed by atoms with Crippen LogP contribution in [0.5, 0.6) is 0 Å². The van der Waals surface area contributed by atoms with Gasteiger partial charge in [-0.2, -0.15) is 0 Å². The van der Waals surface area contributed by atoms with Crippen LogP contribution in [0, 0.1) is 6.07 Å². The summed E-state index contributed by atoms with van der Waals surface area (Å²) in [5.41, 5.74) is 1.02. The minimum Gasteiger partial charge on any atom is -0.105 e. The lowest BCUT2D eigenvalue weighted by molar-refractivity contribution is 1.33. The molecule has 1 atom stereocenters. The van der Waals surface area contributed by atoms with Crippen LogP contribution in [0.1, 0.15) is 10.3 Å². The fraction of sp³-hybridized carbons (Fsp3) is 0.0769. The van der Waals surface area contributed by atoms with Gasteiger partial charge in [0.1, 0.15) is 4.71 Å². The fourth-order valence-electron chi connectivity index (χ4n) is 1.23. The van der Waals surface area contributed by atoms with E-state index in [1.165, 1.54) is 4.90 Å². The molecular weight excluding hydrogens is 224 g/mol. The molecule has 2 rings (SSSR count). The molecule has 0 spiro atoms. The number of rotatable bonds is 3. The normalized spacial score (nSPS) is 12.3. The predicted molar refractivity (Wildman–Crippen MR) is 66.2 cm³/mol. The zero-order valence-electron chi connectivity index (χ0n) is 8.06. The van der Waals surface area contributed by atoms with Crippen LogP contribution in [-0.2, 0) is 0 Å². The second-order valence-corrected chi connectivity index (χ2v) is 4.94. The van der Waals surface area contributed by atoms with Gasteiger partial charge in [-0.15, -0.1) is 23.4 Å². The second-order valence-electron chi connectivity index (χ2n) is 3.06. The molecule has 0 aromatic heterocycles. The molecule has 0 saturated carbocycles. The summed E-state index contributed by atoms with van der Waals surface area (Å²) in [6.45, 7) is 0. The zero-order chi connectivity index (χ0) is 10.5. The lowest BCUT2D eigenvalue weighted by Gasteiger charge is -2.08. The van der Waals surface area contributed by atoms with Crippen molar-refractivity contribution in [1.29, 1.82) is 0 Å². The van der Waals surface area contributed by atoms with Gasteiger partial charge in [-0.25, -0.2) is 0 Å². The summed E-state index contributed by atoms with van der Waals surface area (Å²) in [6.07, 6.45) is 0. The minimum atomic E-state index is -0.0754. The molecular formula is C13H10ClS. The number of halogens is 1. The van der Waals surface area contributed by atoms with E-state index in [2.05, 4.69) is 18.2 Å². The molecule has 0 fully saturated rings.